The highest BCUT2D eigenvalue weighted by Crippen LogP contribution is 2.42. The van der Waals surface area contributed by atoms with Gasteiger partial charge in [-0.2, -0.15) is 0 Å². The first kappa shape index (κ1) is 25.2. The molecule has 2 amide bonds. The molecule has 8 nitrogen and oxygen atoms in total. The number of ether oxygens (including phenoxy) is 3. The minimum atomic E-state index is -0.0807. The summed E-state index contributed by atoms with van der Waals surface area (Å²) in [6.45, 7) is 7.54. The van der Waals surface area contributed by atoms with E-state index in [4.69, 9.17) is 18.6 Å². The van der Waals surface area contributed by atoms with Gasteiger partial charge >= 0.3 is 0 Å². The Balaban J connectivity index is 1.72. The number of fused-ring (bicyclic) bond motifs is 1. The number of benzene rings is 2. The van der Waals surface area contributed by atoms with Crippen molar-refractivity contribution in [2.24, 2.45) is 0 Å². The van der Waals surface area contributed by atoms with Crippen LogP contribution in [-0.4, -0.2) is 69.1 Å². The summed E-state index contributed by atoms with van der Waals surface area (Å²) < 4.78 is 22.6. The van der Waals surface area contributed by atoms with Crippen molar-refractivity contribution >= 4 is 28.4 Å². The summed E-state index contributed by atoms with van der Waals surface area (Å²) >= 11 is 0. The van der Waals surface area contributed by atoms with Crippen LogP contribution in [0.15, 0.2) is 41.0 Å². The summed E-state index contributed by atoms with van der Waals surface area (Å²) in [5.74, 6) is 1.89. The molecule has 0 spiro atoms. The fourth-order valence-electron chi connectivity index (χ4n) is 4.70. The van der Waals surface area contributed by atoms with Gasteiger partial charge in [-0.1, -0.05) is 6.07 Å². The number of allylic oxidation sites excluding steroid dienone is 1. The SMILES string of the molecule is COc1ccc(-c2coc3c(C)c(OC)c(/C(C)=C/C(=O)N4CCN(C(C)=O)CC4)cc23)cc1OC. The minimum Gasteiger partial charge on any atom is -0.496 e. The van der Waals surface area contributed by atoms with E-state index in [-0.39, 0.29) is 11.8 Å². The topological polar surface area (TPSA) is 81.5 Å². The van der Waals surface area contributed by atoms with E-state index in [9.17, 15) is 9.59 Å². The summed E-state index contributed by atoms with van der Waals surface area (Å²) in [6, 6.07) is 7.73. The van der Waals surface area contributed by atoms with Gasteiger partial charge in [0, 0.05) is 61.3 Å². The predicted octanol–water partition coefficient (Wildman–Crippen LogP) is 4.53. The van der Waals surface area contributed by atoms with Gasteiger partial charge in [-0.15, -0.1) is 0 Å². The van der Waals surface area contributed by atoms with E-state index in [2.05, 4.69) is 0 Å². The van der Waals surface area contributed by atoms with Gasteiger partial charge < -0.3 is 28.4 Å². The van der Waals surface area contributed by atoms with E-state index in [1.807, 2.05) is 38.1 Å². The highest BCUT2D eigenvalue weighted by atomic mass is 16.5. The highest BCUT2D eigenvalue weighted by Gasteiger charge is 2.23. The standard InChI is InChI=1S/C28H32N2O6/c1-17(13-26(32)30-11-9-29(10-12-30)19(3)31)21-15-22-23(16-36-28(22)18(2)27(21)35-6)20-7-8-24(33-4)25(14-20)34-5/h7-8,13-16H,9-12H2,1-6H3/b17-13+. The zero-order valence-corrected chi connectivity index (χ0v) is 21.6. The molecule has 1 fully saturated rings. The average molecular weight is 493 g/mol. The number of carbonyl (C=O) groups excluding carboxylic acids is 2. The maximum absolute atomic E-state index is 13.0. The van der Waals surface area contributed by atoms with Crippen LogP contribution in [0.1, 0.15) is 25.0 Å². The first-order valence-corrected chi connectivity index (χ1v) is 11.8. The molecule has 0 radical (unpaired) electrons. The monoisotopic (exact) mass is 492 g/mol. The molecule has 3 aromatic rings. The van der Waals surface area contributed by atoms with Crippen LogP contribution in [0.4, 0.5) is 0 Å². The molecule has 0 N–H and O–H groups in total. The molecule has 4 rings (SSSR count). The number of rotatable bonds is 6. The summed E-state index contributed by atoms with van der Waals surface area (Å²) in [7, 11) is 4.83. The summed E-state index contributed by atoms with van der Waals surface area (Å²) in [5.41, 5.74) is 5.00. The molecule has 190 valence electrons. The number of carbonyl (C=O) groups is 2. The highest BCUT2D eigenvalue weighted by molar-refractivity contribution is 6.02. The first-order valence-electron chi connectivity index (χ1n) is 11.8. The van der Waals surface area contributed by atoms with E-state index < -0.39 is 0 Å². The quantitative estimate of drug-likeness (QED) is 0.471. The summed E-state index contributed by atoms with van der Waals surface area (Å²) in [6.07, 6.45) is 3.36. The lowest BCUT2D eigenvalue weighted by molar-refractivity contribution is -0.135. The van der Waals surface area contributed by atoms with Gasteiger partial charge in [0.15, 0.2) is 11.5 Å². The van der Waals surface area contributed by atoms with Crippen molar-refractivity contribution in [1.82, 2.24) is 9.80 Å². The molecule has 2 aromatic carbocycles. The lowest BCUT2D eigenvalue weighted by atomic mass is 9.96. The second-order valence-electron chi connectivity index (χ2n) is 8.84. The van der Waals surface area contributed by atoms with Crippen molar-refractivity contribution in [3.05, 3.63) is 47.7 Å². The van der Waals surface area contributed by atoms with Gasteiger partial charge in [0.1, 0.15) is 11.3 Å². The van der Waals surface area contributed by atoms with Gasteiger partial charge in [-0.25, -0.2) is 0 Å². The van der Waals surface area contributed by atoms with Crippen molar-refractivity contribution in [1.29, 1.82) is 0 Å². The third-order valence-electron chi connectivity index (χ3n) is 6.74. The van der Waals surface area contributed by atoms with Crippen LogP contribution < -0.4 is 14.2 Å². The Morgan fingerprint density at radius 1 is 0.917 bits per heavy atom. The van der Waals surface area contributed by atoms with Crippen LogP contribution in [-0.2, 0) is 9.59 Å². The largest absolute Gasteiger partial charge is 0.496 e. The van der Waals surface area contributed by atoms with Crippen LogP contribution in [0.3, 0.4) is 0 Å². The number of piperazine rings is 1. The van der Waals surface area contributed by atoms with E-state index in [0.717, 1.165) is 38.8 Å². The molecule has 0 unspecified atom stereocenters. The Hall–Kier alpha value is -3.94. The van der Waals surface area contributed by atoms with Gasteiger partial charge in [-0.3, -0.25) is 9.59 Å². The van der Waals surface area contributed by atoms with Crippen LogP contribution >= 0.6 is 0 Å². The van der Waals surface area contributed by atoms with Crippen molar-refractivity contribution in [3.63, 3.8) is 0 Å². The maximum Gasteiger partial charge on any atom is 0.246 e. The molecule has 1 saturated heterocycles. The second-order valence-corrected chi connectivity index (χ2v) is 8.84. The number of nitrogens with zero attached hydrogens (tertiary/aromatic N) is 2. The third kappa shape index (κ3) is 4.63. The van der Waals surface area contributed by atoms with E-state index in [1.54, 1.807) is 50.4 Å². The molecule has 1 aliphatic heterocycles. The lowest BCUT2D eigenvalue weighted by Gasteiger charge is -2.33. The molecule has 8 heteroatoms. The Morgan fingerprint density at radius 3 is 2.19 bits per heavy atom. The molecular formula is C28H32N2O6. The Labute approximate surface area is 211 Å². The van der Waals surface area contributed by atoms with Gasteiger partial charge in [0.2, 0.25) is 11.8 Å². The summed E-state index contributed by atoms with van der Waals surface area (Å²) in [4.78, 5) is 28.2. The Bertz CT molecular complexity index is 1330. The van der Waals surface area contributed by atoms with E-state index in [0.29, 0.717) is 43.4 Å². The van der Waals surface area contributed by atoms with Crippen molar-refractivity contribution in [2.45, 2.75) is 20.8 Å². The fraction of sp³-hybridized carbons (Fsp3) is 0.357. The summed E-state index contributed by atoms with van der Waals surface area (Å²) in [5, 5.41) is 0.908. The van der Waals surface area contributed by atoms with Crippen LogP contribution in [0, 0.1) is 6.92 Å². The molecular weight excluding hydrogens is 460 g/mol. The van der Waals surface area contributed by atoms with Gasteiger partial charge in [0.25, 0.3) is 0 Å². The van der Waals surface area contributed by atoms with E-state index >= 15 is 0 Å². The molecule has 0 bridgehead atoms. The Morgan fingerprint density at radius 2 is 1.58 bits per heavy atom. The number of amides is 2. The zero-order valence-electron chi connectivity index (χ0n) is 21.6. The Kier molecular flexibility index (Phi) is 7.24. The molecule has 0 saturated carbocycles. The molecule has 2 heterocycles. The van der Waals surface area contributed by atoms with Crippen LogP contribution in [0.2, 0.25) is 0 Å². The molecule has 1 aromatic heterocycles. The molecule has 0 atom stereocenters. The molecule has 0 aliphatic carbocycles. The van der Waals surface area contributed by atoms with Crippen molar-refractivity contribution in [3.8, 4) is 28.4 Å². The smallest absolute Gasteiger partial charge is 0.246 e. The normalized spacial score (nSPS) is 14.2. The van der Waals surface area contributed by atoms with E-state index in [1.165, 1.54) is 0 Å². The second kappa shape index (κ2) is 10.4. The van der Waals surface area contributed by atoms with Crippen LogP contribution in [0.25, 0.3) is 27.7 Å². The number of hydrogen-bond acceptors (Lipinski definition) is 6. The predicted molar refractivity (Wildman–Crippen MR) is 139 cm³/mol. The van der Waals surface area contributed by atoms with Crippen molar-refractivity contribution in [2.75, 3.05) is 47.5 Å². The number of aryl methyl sites for hydroxylation is 1. The molecule has 1 aliphatic rings. The number of hydrogen-bond donors (Lipinski definition) is 0. The maximum atomic E-state index is 13.0. The average Bonchev–Trinajstić information content (AvgIpc) is 3.32. The molecule has 36 heavy (non-hydrogen) atoms. The third-order valence-corrected chi connectivity index (χ3v) is 6.74. The number of methoxy groups -OCH3 is 3. The van der Waals surface area contributed by atoms with Crippen molar-refractivity contribution < 1.29 is 28.2 Å². The van der Waals surface area contributed by atoms with Crippen LogP contribution in [0.5, 0.6) is 17.2 Å². The number of furan rings is 1. The minimum absolute atomic E-state index is 0.0349. The van der Waals surface area contributed by atoms with Gasteiger partial charge in [-0.05, 0) is 43.2 Å². The first-order chi connectivity index (χ1) is 17.3. The van der Waals surface area contributed by atoms with Gasteiger partial charge in [0.05, 0.1) is 27.6 Å². The lowest BCUT2D eigenvalue weighted by Crippen LogP contribution is -2.49. The fourth-order valence-corrected chi connectivity index (χ4v) is 4.70. The zero-order chi connectivity index (χ0) is 26.0.